The highest BCUT2D eigenvalue weighted by atomic mass is 19.4. The lowest BCUT2D eigenvalue weighted by Gasteiger charge is -2.13. The number of amides is 2. The first-order chi connectivity index (χ1) is 9.74. The molecule has 0 heterocycles. The molecule has 0 radical (unpaired) electrons. The molecule has 0 bridgehead atoms. The van der Waals surface area contributed by atoms with Gasteiger partial charge in [-0.05, 0) is 24.1 Å². The van der Waals surface area contributed by atoms with Crippen LogP contribution in [0.25, 0.3) is 0 Å². The standard InChI is InChI=1S/C13H15F3N2O3/c1-2-10(11(19)20)18-12(21)17-7-8-4-3-5-9(6-8)13(14,15)16/h3-6,10H,2,7H2,1H3,(H,19,20)(H2,17,18,21)/t10-/m0/s1. The number of halogens is 3. The second-order valence-corrected chi connectivity index (χ2v) is 4.32. The average Bonchev–Trinajstić information content (AvgIpc) is 2.41. The maximum Gasteiger partial charge on any atom is 0.416 e. The van der Waals surface area contributed by atoms with Crippen molar-refractivity contribution in [3.63, 3.8) is 0 Å². The fourth-order valence-corrected chi connectivity index (χ4v) is 1.59. The van der Waals surface area contributed by atoms with Crippen LogP contribution in [-0.4, -0.2) is 23.1 Å². The zero-order valence-electron chi connectivity index (χ0n) is 11.2. The summed E-state index contributed by atoms with van der Waals surface area (Å²) in [4.78, 5) is 22.2. The van der Waals surface area contributed by atoms with E-state index in [0.717, 1.165) is 12.1 Å². The maximum absolute atomic E-state index is 12.5. The van der Waals surface area contributed by atoms with Gasteiger partial charge in [0, 0.05) is 6.54 Å². The highest BCUT2D eigenvalue weighted by Crippen LogP contribution is 2.29. The maximum atomic E-state index is 12.5. The molecular formula is C13H15F3N2O3. The third kappa shape index (κ3) is 5.33. The molecule has 1 aromatic rings. The molecule has 0 spiro atoms. The summed E-state index contributed by atoms with van der Waals surface area (Å²) in [6.07, 6.45) is -4.25. The van der Waals surface area contributed by atoms with Crippen LogP contribution >= 0.6 is 0 Å². The first kappa shape index (κ1) is 16.8. The Morgan fingerprint density at radius 3 is 2.52 bits per heavy atom. The minimum Gasteiger partial charge on any atom is -0.480 e. The SMILES string of the molecule is CC[C@H](NC(=O)NCc1cccc(C(F)(F)F)c1)C(=O)O. The number of nitrogens with one attached hydrogen (secondary N) is 2. The summed E-state index contributed by atoms with van der Waals surface area (Å²) in [5.74, 6) is -1.17. The highest BCUT2D eigenvalue weighted by Gasteiger charge is 2.30. The summed E-state index contributed by atoms with van der Waals surface area (Å²) in [6.45, 7) is 1.46. The third-order valence-electron chi connectivity index (χ3n) is 2.72. The molecule has 0 saturated heterocycles. The third-order valence-corrected chi connectivity index (χ3v) is 2.72. The molecule has 0 aliphatic heterocycles. The molecule has 0 aliphatic carbocycles. The Bertz CT molecular complexity index is 518. The van der Waals surface area contributed by atoms with E-state index in [2.05, 4.69) is 10.6 Å². The van der Waals surface area contributed by atoms with Crippen molar-refractivity contribution < 1.29 is 27.9 Å². The number of rotatable bonds is 5. The fraction of sp³-hybridized carbons (Fsp3) is 0.385. The lowest BCUT2D eigenvalue weighted by atomic mass is 10.1. The van der Waals surface area contributed by atoms with Gasteiger partial charge in [-0.25, -0.2) is 9.59 Å². The monoisotopic (exact) mass is 304 g/mol. The number of urea groups is 1. The Kier molecular flexibility index (Phi) is 5.57. The Morgan fingerprint density at radius 1 is 1.33 bits per heavy atom. The summed E-state index contributed by atoms with van der Waals surface area (Å²) < 4.78 is 37.5. The molecule has 0 aliphatic rings. The van der Waals surface area contributed by atoms with E-state index in [1.807, 2.05) is 0 Å². The van der Waals surface area contributed by atoms with Gasteiger partial charge >= 0.3 is 18.2 Å². The van der Waals surface area contributed by atoms with Crippen molar-refractivity contribution in [2.75, 3.05) is 0 Å². The van der Waals surface area contributed by atoms with Crippen LogP contribution in [0, 0.1) is 0 Å². The van der Waals surface area contributed by atoms with Crippen LogP contribution in [0.2, 0.25) is 0 Å². The summed E-state index contributed by atoms with van der Waals surface area (Å²) in [6, 6.07) is 2.75. The smallest absolute Gasteiger partial charge is 0.416 e. The van der Waals surface area contributed by atoms with E-state index in [-0.39, 0.29) is 18.5 Å². The van der Waals surface area contributed by atoms with Gasteiger partial charge in [-0.15, -0.1) is 0 Å². The molecule has 8 heteroatoms. The molecule has 2 amide bonds. The van der Waals surface area contributed by atoms with E-state index < -0.39 is 29.8 Å². The van der Waals surface area contributed by atoms with Crippen molar-refractivity contribution in [1.29, 1.82) is 0 Å². The van der Waals surface area contributed by atoms with Crippen LogP contribution in [0.5, 0.6) is 0 Å². The van der Waals surface area contributed by atoms with Gasteiger partial charge in [-0.3, -0.25) is 0 Å². The molecule has 5 nitrogen and oxygen atoms in total. The Morgan fingerprint density at radius 2 is 2.00 bits per heavy atom. The Labute approximate surface area is 119 Å². The fourth-order valence-electron chi connectivity index (χ4n) is 1.59. The zero-order valence-corrected chi connectivity index (χ0v) is 11.2. The van der Waals surface area contributed by atoms with Crippen molar-refractivity contribution in [2.24, 2.45) is 0 Å². The Hall–Kier alpha value is -2.25. The first-order valence-electron chi connectivity index (χ1n) is 6.17. The molecule has 0 fully saturated rings. The van der Waals surface area contributed by atoms with Crippen molar-refractivity contribution in [3.8, 4) is 0 Å². The summed E-state index contributed by atoms with van der Waals surface area (Å²) >= 11 is 0. The quantitative estimate of drug-likeness (QED) is 0.781. The molecule has 1 aromatic carbocycles. The molecule has 0 unspecified atom stereocenters. The van der Waals surface area contributed by atoms with Crippen molar-refractivity contribution >= 4 is 12.0 Å². The molecular weight excluding hydrogens is 289 g/mol. The normalized spacial score (nSPS) is 12.6. The zero-order chi connectivity index (χ0) is 16.0. The van der Waals surface area contributed by atoms with E-state index in [1.165, 1.54) is 12.1 Å². The number of carboxylic acid groups (broad SMARTS) is 1. The second kappa shape index (κ2) is 6.96. The summed E-state index contributed by atoms with van der Waals surface area (Å²) in [5, 5.41) is 13.3. The van der Waals surface area contributed by atoms with Gasteiger partial charge in [0.25, 0.3) is 0 Å². The van der Waals surface area contributed by atoms with Crippen LogP contribution in [0.3, 0.4) is 0 Å². The van der Waals surface area contributed by atoms with Gasteiger partial charge < -0.3 is 15.7 Å². The van der Waals surface area contributed by atoms with Gasteiger partial charge in [0.05, 0.1) is 5.56 Å². The lowest BCUT2D eigenvalue weighted by molar-refractivity contribution is -0.139. The number of hydrogen-bond acceptors (Lipinski definition) is 2. The van der Waals surface area contributed by atoms with E-state index >= 15 is 0 Å². The van der Waals surface area contributed by atoms with Gasteiger partial charge in [0.1, 0.15) is 6.04 Å². The molecule has 21 heavy (non-hydrogen) atoms. The number of carbonyl (C=O) groups excluding carboxylic acids is 1. The minimum atomic E-state index is -4.45. The van der Waals surface area contributed by atoms with Gasteiger partial charge in [-0.1, -0.05) is 19.1 Å². The molecule has 0 saturated carbocycles. The largest absolute Gasteiger partial charge is 0.480 e. The van der Waals surface area contributed by atoms with Gasteiger partial charge in [-0.2, -0.15) is 13.2 Å². The topological polar surface area (TPSA) is 78.4 Å². The molecule has 3 N–H and O–H groups in total. The number of aliphatic carboxylic acids is 1. The van der Waals surface area contributed by atoms with Crippen LogP contribution in [0.4, 0.5) is 18.0 Å². The number of carbonyl (C=O) groups is 2. The van der Waals surface area contributed by atoms with Crippen LogP contribution in [0.15, 0.2) is 24.3 Å². The molecule has 1 atom stereocenters. The second-order valence-electron chi connectivity index (χ2n) is 4.32. The number of carboxylic acids is 1. The van der Waals surface area contributed by atoms with E-state index in [4.69, 9.17) is 5.11 Å². The first-order valence-corrected chi connectivity index (χ1v) is 6.17. The van der Waals surface area contributed by atoms with E-state index in [0.29, 0.717) is 0 Å². The van der Waals surface area contributed by atoms with Crippen LogP contribution in [-0.2, 0) is 17.5 Å². The average molecular weight is 304 g/mol. The molecule has 0 aromatic heterocycles. The molecule has 1 rings (SSSR count). The van der Waals surface area contributed by atoms with E-state index in [9.17, 15) is 22.8 Å². The summed E-state index contributed by atoms with van der Waals surface area (Å²) in [7, 11) is 0. The van der Waals surface area contributed by atoms with Crippen LogP contribution < -0.4 is 10.6 Å². The molecule has 116 valence electrons. The predicted octanol–water partition coefficient (Wildman–Crippen LogP) is 2.37. The number of alkyl halides is 3. The minimum absolute atomic E-state index is 0.133. The summed E-state index contributed by atoms with van der Waals surface area (Å²) in [5.41, 5.74) is -0.539. The van der Waals surface area contributed by atoms with Crippen molar-refractivity contribution in [1.82, 2.24) is 10.6 Å². The van der Waals surface area contributed by atoms with Gasteiger partial charge in [0.15, 0.2) is 0 Å². The Balaban J connectivity index is 2.59. The van der Waals surface area contributed by atoms with Crippen molar-refractivity contribution in [3.05, 3.63) is 35.4 Å². The number of hydrogen-bond donors (Lipinski definition) is 3. The number of benzene rings is 1. The van der Waals surface area contributed by atoms with Gasteiger partial charge in [0.2, 0.25) is 0 Å². The van der Waals surface area contributed by atoms with Crippen molar-refractivity contribution in [2.45, 2.75) is 32.1 Å². The lowest BCUT2D eigenvalue weighted by Crippen LogP contribution is -2.45. The predicted molar refractivity (Wildman–Crippen MR) is 68.5 cm³/mol. The highest BCUT2D eigenvalue weighted by molar-refractivity contribution is 5.82. The van der Waals surface area contributed by atoms with E-state index in [1.54, 1.807) is 6.92 Å². The van der Waals surface area contributed by atoms with Crippen LogP contribution in [0.1, 0.15) is 24.5 Å².